The molecule has 10 heteroatoms. The van der Waals surface area contributed by atoms with Gasteiger partial charge in [-0.2, -0.15) is 0 Å². The zero-order chi connectivity index (χ0) is 33.0. The first-order chi connectivity index (χ1) is 19.8. The molecule has 10 nitrogen and oxygen atoms in total. The number of hydrogen-bond donors (Lipinski definition) is 4. The fraction of sp³-hybridized carbons (Fsp3) is 0.909. The van der Waals surface area contributed by atoms with Gasteiger partial charge in [0.15, 0.2) is 0 Å². The fourth-order valence-electron chi connectivity index (χ4n) is 4.61. The molecule has 0 spiro atoms. The number of nitrogens with one attached hydrogen (secondary N) is 3. The summed E-state index contributed by atoms with van der Waals surface area (Å²) in [6, 6.07) is 0. The highest BCUT2D eigenvalue weighted by Gasteiger charge is 2.24. The zero-order valence-corrected chi connectivity index (χ0v) is 29.0. The fourth-order valence-corrected chi connectivity index (χ4v) is 4.61. The van der Waals surface area contributed by atoms with Crippen LogP contribution in [0.2, 0.25) is 0 Å². The highest BCUT2D eigenvalue weighted by atomic mass is 16.6. The molecule has 0 unspecified atom stereocenters. The monoisotopic (exact) mass is 614 g/mol. The van der Waals surface area contributed by atoms with Crippen LogP contribution < -0.4 is 21.7 Å². The lowest BCUT2D eigenvalue weighted by Crippen LogP contribution is -2.42. The van der Waals surface area contributed by atoms with Gasteiger partial charge >= 0.3 is 18.3 Å². The Morgan fingerprint density at radius 1 is 0.442 bits per heavy atom. The van der Waals surface area contributed by atoms with Crippen LogP contribution in [0.15, 0.2) is 0 Å². The Morgan fingerprint density at radius 3 is 1.02 bits per heavy atom. The molecular formula is C33H66N4O6. The highest BCUT2D eigenvalue weighted by Crippen LogP contribution is 2.24. The molecule has 0 saturated heterocycles. The van der Waals surface area contributed by atoms with Gasteiger partial charge in [-0.25, -0.2) is 14.4 Å². The second-order valence-corrected chi connectivity index (χ2v) is 14.8. The molecular weight excluding hydrogens is 548 g/mol. The van der Waals surface area contributed by atoms with Crippen LogP contribution in [0.5, 0.6) is 0 Å². The van der Waals surface area contributed by atoms with E-state index in [0.29, 0.717) is 19.6 Å². The molecule has 3 amide bonds. The van der Waals surface area contributed by atoms with Crippen LogP contribution in [0.25, 0.3) is 0 Å². The van der Waals surface area contributed by atoms with Crippen LogP contribution in [0, 0.1) is 0 Å². The first kappa shape index (κ1) is 40.8. The lowest BCUT2D eigenvalue weighted by atomic mass is 9.84. The van der Waals surface area contributed by atoms with E-state index in [9.17, 15) is 14.4 Å². The minimum atomic E-state index is -0.524. The molecule has 5 N–H and O–H groups in total. The second kappa shape index (κ2) is 20.7. The molecule has 0 aliphatic carbocycles. The van der Waals surface area contributed by atoms with E-state index in [-0.39, 0.29) is 11.6 Å². The van der Waals surface area contributed by atoms with Gasteiger partial charge in [0.05, 0.1) is 0 Å². The van der Waals surface area contributed by atoms with Gasteiger partial charge in [-0.1, -0.05) is 51.4 Å². The zero-order valence-electron chi connectivity index (χ0n) is 29.0. The number of alkyl carbamates (subject to hydrolysis) is 3. The summed E-state index contributed by atoms with van der Waals surface area (Å²) in [5.41, 5.74) is 5.02. The highest BCUT2D eigenvalue weighted by molar-refractivity contribution is 5.68. The van der Waals surface area contributed by atoms with Crippen LogP contribution in [0.4, 0.5) is 14.4 Å². The van der Waals surface area contributed by atoms with E-state index in [1.165, 1.54) is 32.1 Å². The number of amides is 3. The summed E-state index contributed by atoms with van der Waals surface area (Å²) < 4.78 is 15.9. The summed E-state index contributed by atoms with van der Waals surface area (Å²) in [6.45, 7) is 18.3. The Balaban J connectivity index is 4.30. The van der Waals surface area contributed by atoms with E-state index in [0.717, 1.165) is 57.8 Å². The van der Waals surface area contributed by atoms with Crippen LogP contribution >= 0.6 is 0 Å². The van der Waals surface area contributed by atoms with Crippen molar-refractivity contribution in [2.24, 2.45) is 5.73 Å². The minimum Gasteiger partial charge on any atom is -0.444 e. The third-order valence-corrected chi connectivity index (χ3v) is 6.56. The molecule has 0 bridgehead atoms. The van der Waals surface area contributed by atoms with E-state index >= 15 is 0 Å². The normalized spacial score (nSPS) is 12.4. The van der Waals surface area contributed by atoms with Crippen molar-refractivity contribution >= 4 is 18.3 Å². The average Bonchev–Trinajstić information content (AvgIpc) is 2.82. The van der Waals surface area contributed by atoms with Crippen molar-refractivity contribution in [3.05, 3.63) is 0 Å². The number of hydrogen-bond acceptors (Lipinski definition) is 7. The minimum absolute atomic E-state index is 0.344. The van der Waals surface area contributed by atoms with Crippen LogP contribution in [0.3, 0.4) is 0 Å². The molecule has 0 radical (unpaired) electrons. The summed E-state index contributed by atoms with van der Waals surface area (Å²) in [5, 5.41) is 8.47. The molecule has 0 saturated carbocycles. The maximum atomic E-state index is 12.0. The molecule has 0 aromatic heterocycles. The van der Waals surface area contributed by atoms with E-state index in [1.807, 2.05) is 62.3 Å². The topological polar surface area (TPSA) is 141 Å². The van der Waals surface area contributed by atoms with Crippen molar-refractivity contribution in [1.29, 1.82) is 0 Å². The first-order valence-electron chi connectivity index (χ1n) is 16.5. The molecule has 0 atom stereocenters. The lowest BCUT2D eigenvalue weighted by molar-refractivity contribution is 0.0514. The van der Waals surface area contributed by atoms with Crippen molar-refractivity contribution in [3.63, 3.8) is 0 Å². The second-order valence-electron chi connectivity index (χ2n) is 14.8. The predicted octanol–water partition coefficient (Wildman–Crippen LogP) is 7.72. The third kappa shape index (κ3) is 28.3. The SMILES string of the molecule is CC(C)(C)OC(=O)NCCCCCCCCCCCC(N)(CCCNC(=O)OC(C)(C)C)CCCNC(=O)OC(C)(C)C. The molecule has 43 heavy (non-hydrogen) atoms. The maximum absolute atomic E-state index is 12.0. The Bertz CT molecular complexity index is 748. The van der Waals surface area contributed by atoms with E-state index < -0.39 is 29.0 Å². The summed E-state index contributed by atoms with van der Waals surface area (Å²) in [7, 11) is 0. The van der Waals surface area contributed by atoms with Crippen molar-refractivity contribution in [3.8, 4) is 0 Å². The number of nitrogens with two attached hydrogens (primary N) is 1. The summed E-state index contributed by atoms with van der Waals surface area (Å²) in [6.07, 6.45) is 13.2. The Hall–Kier alpha value is -2.23. The van der Waals surface area contributed by atoms with Gasteiger partial charge in [-0.15, -0.1) is 0 Å². The number of rotatable bonds is 20. The first-order valence-corrected chi connectivity index (χ1v) is 16.5. The molecule has 0 rings (SSSR count). The van der Waals surface area contributed by atoms with Gasteiger partial charge in [0.1, 0.15) is 16.8 Å². The summed E-state index contributed by atoms with van der Waals surface area (Å²) in [4.78, 5) is 35.6. The van der Waals surface area contributed by atoms with Crippen LogP contribution in [0.1, 0.15) is 152 Å². The number of carbonyl (C=O) groups excluding carboxylic acids is 3. The van der Waals surface area contributed by atoms with Crippen LogP contribution in [-0.4, -0.2) is 60.3 Å². The number of unbranched alkanes of at least 4 members (excludes halogenated alkanes) is 8. The van der Waals surface area contributed by atoms with Crippen molar-refractivity contribution in [1.82, 2.24) is 16.0 Å². The van der Waals surface area contributed by atoms with Crippen molar-refractivity contribution in [2.75, 3.05) is 19.6 Å². The number of carbonyl (C=O) groups is 3. The summed E-state index contributed by atoms with van der Waals surface area (Å²) in [5.74, 6) is 0. The van der Waals surface area contributed by atoms with Gasteiger partial charge in [-0.05, 0) is 101 Å². The smallest absolute Gasteiger partial charge is 0.407 e. The van der Waals surface area contributed by atoms with E-state index in [4.69, 9.17) is 19.9 Å². The van der Waals surface area contributed by atoms with Gasteiger partial charge in [-0.3, -0.25) is 0 Å². The Kier molecular flexibility index (Phi) is 19.6. The number of ether oxygens (including phenoxy) is 3. The molecule has 0 aromatic rings. The predicted molar refractivity (Wildman–Crippen MR) is 174 cm³/mol. The Morgan fingerprint density at radius 2 is 0.698 bits per heavy atom. The quantitative estimate of drug-likeness (QED) is 0.0812. The maximum Gasteiger partial charge on any atom is 0.407 e. The standard InChI is InChI=1S/C33H66N4O6/c1-30(2,3)41-27(38)35-24-18-16-14-12-10-11-13-15-17-21-33(34,22-19-25-36-28(39)42-31(4,5)6)23-20-26-37-29(40)43-32(7,8)9/h10-26,34H2,1-9H3,(H,35,38)(H,36,39)(H,37,40). The van der Waals surface area contributed by atoms with Crippen molar-refractivity contribution < 1.29 is 28.6 Å². The lowest BCUT2D eigenvalue weighted by Gasteiger charge is -2.30. The molecule has 0 aromatic carbocycles. The van der Waals surface area contributed by atoms with Gasteiger partial charge in [0, 0.05) is 25.2 Å². The molecule has 0 heterocycles. The van der Waals surface area contributed by atoms with E-state index in [2.05, 4.69) is 16.0 Å². The molecule has 254 valence electrons. The van der Waals surface area contributed by atoms with Gasteiger partial charge < -0.3 is 35.9 Å². The van der Waals surface area contributed by atoms with Crippen LogP contribution in [-0.2, 0) is 14.2 Å². The summed E-state index contributed by atoms with van der Waals surface area (Å²) >= 11 is 0. The largest absolute Gasteiger partial charge is 0.444 e. The van der Waals surface area contributed by atoms with Gasteiger partial charge in [0.25, 0.3) is 0 Å². The van der Waals surface area contributed by atoms with E-state index in [1.54, 1.807) is 0 Å². The molecule has 0 fully saturated rings. The molecule has 0 aliphatic heterocycles. The third-order valence-electron chi connectivity index (χ3n) is 6.56. The molecule has 0 aliphatic rings. The Labute approximate surface area is 262 Å². The van der Waals surface area contributed by atoms with Gasteiger partial charge in [0.2, 0.25) is 0 Å². The van der Waals surface area contributed by atoms with Crippen molar-refractivity contribution in [2.45, 2.75) is 175 Å². The average molecular weight is 615 g/mol.